The maximum absolute atomic E-state index is 12.8. The van der Waals surface area contributed by atoms with Crippen LogP contribution in [0.25, 0.3) is 0 Å². The van der Waals surface area contributed by atoms with E-state index in [4.69, 9.17) is 0 Å². The normalized spacial score (nSPS) is 15.3. The van der Waals surface area contributed by atoms with Gasteiger partial charge in [0.1, 0.15) is 0 Å². The molecule has 0 unspecified atom stereocenters. The van der Waals surface area contributed by atoms with Crippen molar-refractivity contribution in [3.63, 3.8) is 0 Å². The number of hydrogen-bond donors (Lipinski definition) is 0. The molecule has 7 heteroatoms. The van der Waals surface area contributed by atoms with Crippen molar-refractivity contribution in [1.82, 2.24) is 0 Å². The summed E-state index contributed by atoms with van der Waals surface area (Å²) in [5, 5.41) is 0. The average Bonchev–Trinajstić information content (AvgIpc) is 2.53. The van der Waals surface area contributed by atoms with Gasteiger partial charge >= 0.3 is 6.18 Å². The Morgan fingerprint density at radius 2 is 1.74 bits per heavy atom. The Kier molecular flexibility index (Phi) is 3.83. The predicted octanol–water partition coefficient (Wildman–Crippen LogP) is 3.85. The van der Waals surface area contributed by atoms with Crippen LogP contribution in [0.2, 0.25) is 0 Å². The molecule has 0 saturated carbocycles. The average molecular weight is 341 g/mol. The zero-order chi connectivity index (χ0) is 16.7. The van der Waals surface area contributed by atoms with E-state index < -0.39 is 21.8 Å². The molecular weight excluding hydrogens is 327 g/mol. The first-order chi connectivity index (χ1) is 10.8. The molecule has 2 aromatic rings. The topological polar surface area (TPSA) is 37.4 Å². The van der Waals surface area contributed by atoms with Gasteiger partial charge in [-0.05, 0) is 42.7 Å². The molecule has 3 rings (SSSR count). The minimum atomic E-state index is -4.58. The third-order valence-electron chi connectivity index (χ3n) is 3.82. The minimum Gasteiger partial charge on any atom is -0.266 e. The molecular formula is C16H14F3NO2S. The first kappa shape index (κ1) is 15.9. The maximum Gasteiger partial charge on any atom is 0.416 e. The predicted molar refractivity (Wildman–Crippen MR) is 80.7 cm³/mol. The molecule has 0 aromatic heterocycles. The second-order valence-electron chi connectivity index (χ2n) is 5.34. The largest absolute Gasteiger partial charge is 0.416 e. The zero-order valence-corrected chi connectivity index (χ0v) is 12.9. The van der Waals surface area contributed by atoms with Crippen molar-refractivity contribution < 1.29 is 21.6 Å². The summed E-state index contributed by atoms with van der Waals surface area (Å²) in [7, 11) is -4.02. The number of halogens is 3. The van der Waals surface area contributed by atoms with Gasteiger partial charge in [0.15, 0.2) is 0 Å². The summed E-state index contributed by atoms with van der Waals surface area (Å²) >= 11 is 0. The van der Waals surface area contributed by atoms with E-state index in [-0.39, 0.29) is 11.4 Å². The van der Waals surface area contributed by atoms with Crippen LogP contribution in [0.1, 0.15) is 17.5 Å². The van der Waals surface area contributed by atoms with Gasteiger partial charge in [-0.25, -0.2) is 8.42 Å². The number of para-hydroxylation sites is 1. The summed E-state index contributed by atoms with van der Waals surface area (Å²) in [5.74, 6) is 0. The van der Waals surface area contributed by atoms with Gasteiger partial charge in [-0.15, -0.1) is 0 Å². The van der Waals surface area contributed by atoms with E-state index in [9.17, 15) is 21.6 Å². The van der Waals surface area contributed by atoms with Crippen LogP contribution in [0.5, 0.6) is 0 Å². The van der Waals surface area contributed by atoms with E-state index in [1.54, 1.807) is 12.1 Å². The van der Waals surface area contributed by atoms with Gasteiger partial charge in [0.2, 0.25) is 0 Å². The summed E-state index contributed by atoms with van der Waals surface area (Å²) in [6, 6.07) is 10.9. The van der Waals surface area contributed by atoms with Crippen molar-refractivity contribution in [3.05, 3.63) is 59.7 Å². The molecule has 0 radical (unpaired) electrons. The fourth-order valence-electron chi connectivity index (χ4n) is 2.71. The SMILES string of the molecule is O=S(=O)(c1cccc(C(F)(F)F)c1)N1CCCc2ccccc21. The Morgan fingerprint density at radius 3 is 2.48 bits per heavy atom. The Balaban J connectivity index is 2.07. The second-order valence-corrected chi connectivity index (χ2v) is 7.20. The summed E-state index contributed by atoms with van der Waals surface area (Å²) in [4.78, 5) is -0.343. The van der Waals surface area contributed by atoms with E-state index in [1.165, 1.54) is 10.4 Å². The van der Waals surface area contributed by atoms with Crippen LogP contribution in [0, 0.1) is 0 Å². The number of hydrogen-bond acceptors (Lipinski definition) is 2. The van der Waals surface area contributed by atoms with Gasteiger partial charge in [0.25, 0.3) is 10.0 Å². The van der Waals surface area contributed by atoms with E-state index in [0.717, 1.165) is 24.1 Å². The molecule has 23 heavy (non-hydrogen) atoms. The molecule has 0 spiro atoms. The molecule has 1 heterocycles. The molecule has 0 aliphatic carbocycles. The summed E-state index contributed by atoms with van der Waals surface area (Å²) in [6.07, 6.45) is -3.19. The fraction of sp³-hybridized carbons (Fsp3) is 0.250. The summed E-state index contributed by atoms with van der Waals surface area (Å²) in [5.41, 5.74) is 0.453. The number of nitrogens with zero attached hydrogens (tertiary/aromatic N) is 1. The third kappa shape index (κ3) is 2.93. The molecule has 1 aliphatic heterocycles. The van der Waals surface area contributed by atoms with Gasteiger partial charge in [0.05, 0.1) is 16.1 Å². The van der Waals surface area contributed by atoms with Gasteiger partial charge in [-0.1, -0.05) is 24.3 Å². The first-order valence-electron chi connectivity index (χ1n) is 7.08. The Bertz CT molecular complexity index is 831. The number of sulfonamides is 1. The molecule has 1 aliphatic rings. The molecule has 0 amide bonds. The Labute approximate surface area is 132 Å². The number of rotatable bonds is 2. The molecule has 0 fully saturated rings. The highest BCUT2D eigenvalue weighted by atomic mass is 32.2. The number of aryl methyl sites for hydroxylation is 1. The highest BCUT2D eigenvalue weighted by Crippen LogP contribution is 2.34. The monoisotopic (exact) mass is 341 g/mol. The van der Waals surface area contributed by atoms with Crippen LogP contribution >= 0.6 is 0 Å². The van der Waals surface area contributed by atoms with Crippen molar-refractivity contribution in [2.24, 2.45) is 0 Å². The van der Waals surface area contributed by atoms with E-state index in [0.29, 0.717) is 18.2 Å². The maximum atomic E-state index is 12.8. The zero-order valence-electron chi connectivity index (χ0n) is 12.0. The molecule has 0 saturated heterocycles. The first-order valence-corrected chi connectivity index (χ1v) is 8.52. The van der Waals surface area contributed by atoms with Crippen LogP contribution in [0.15, 0.2) is 53.4 Å². The van der Waals surface area contributed by atoms with E-state index in [1.807, 2.05) is 12.1 Å². The molecule has 2 aromatic carbocycles. The van der Waals surface area contributed by atoms with Gasteiger partial charge < -0.3 is 0 Å². The molecule has 0 N–H and O–H groups in total. The number of fused-ring (bicyclic) bond motifs is 1. The molecule has 3 nitrogen and oxygen atoms in total. The van der Waals surface area contributed by atoms with Crippen LogP contribution in [0.4, 0.5) is 18.9 Å². The quantitative estimate of drug-likeness (QED) is 0.832. The number of anilines is 1. The second kappa shape index (κ2) is 5.56. The molecule has 122 valence electrons. The lowest BCUT2D eigenvalue weighted by Crippen LogP contribution is -2.35. The third-order valence-corrected chi connectivity index (χ3v) is 5.63. The smallest absolute Gasteiger partial charge is 0.266 e. The van der Waals surface area contributed by atoms with E-state index in [2.05, 4.69) is 0 Å². The lowest BCUT2D eigenvalue weighted by Gasteiger charge is -2.30. The highest BCUT2D eigenvalue weighted by Gasteiger charge is 2.34. The van der Waals surface area contributed by atoms with E-state index >= 15 is 0 Å². The van der Waals surface area contributed by atoms with Gasteiger partial charge in [0, 0.05) is 6.54 Å². The lowest BCUT2D eigenvalue weighted by atomic mass is 10.0. The summed E-state index contributed by atoms with van der Waals surface area (Å²) in [6.45, 7) is 0.260. The Hall–Kier alpha value is -2.02. The van der Waals surface area contributed by atoms with Crippen LogP contribution in [-0.4, -0.2) is 15.0 Å². The van der Waals surface area contributed by atoms with Crippen LogP contribution in [0.3, 0.4) is 0 Å². The van der Waals surface area contributed by atoms with Crippen molar-refractivity contribution >= 4 is 15.7 Å². The highest BCUT2D eigenvalue weighted by molar-refractivity contribution is 7.92. The molecule has 0 bridgehead atoms. The standard InChI is InChI=1S/C16H14F3NO2S/c17-16(18,19)13-7-3-8-14(11-13)23(21,22)20-10-4-6-12-5-1-2-9-15(12)20/h1-3,5,7-9,11H,4,6,10H2. The summed E-state index contributed by atoms with van der Waals surface area (Å²) < 4.78 is 65.3. The Morgan fingerprint density at radius 1 is 1.00 bits per heavy atom. The lowest BCUT2D eigenvalue weighted by molar-refractivity contribution is -0.137. The van der Waals surface area contributed by atoms with Crippen molar-refractivity contribution in [3.8, 4) is 0 Å². The van der Waals surface area contributed by atoms with Crippen molar-refractivity contribution in [2.75, 3.05) is 10.8 Å². The van der Waals surface area contributed by atoms with Gasteiger partial charge in [-0.2, -0.15) is 13.2 Å². The molecule has 0 atom stereocenters. The van der Waals surface area contributed by atoms with Crippen molar-refractivity contribution in [1.29, 1.82) is 0 Å². The van der Waals surface area contributed by atoms with Crippen molar-refractivity contribution in [2.45, 2.75) is 23.9 Å². The minimum absolute atomic E-state index is 0.260. The fourth-order valence-corrected chi connectivity index (χ4v) is 4.30. The number of benzene rings is 2. The van der Waals surface area contributed by atoms with Crippen LogP contribution < -0.4 is 4.31 Å². The van der Waals surface area contributed by atoms with Crippen LogP contribution in [-0.2, 0) is 22.6 Å². The van der Waals surface area contributed by atoms with Gasteiger partial charge in [-0.3, -0.25) is 4.31 Å². The number of alkyl halides is 3.